The summed E-state index contributed by atoms with van der Waals surface area (Å²) in [7, 11) is 0. The van der Waals surface area contributed by atoms with Gasteiger partial charge in [0.25, 0.3) is 0 Å². The van der Waals surface area contributed by atoms with Gasteiger partial charge in [-0.1, -0.05) is 5.92 Å². The third-order valence-corrected chi connectivity index (χ3v) is 1.76. The van der Waals surface area contributed by atoms with Crippen LogP contribution >= 0.6 is 0 Å². The Balaban J connectivity index is 3.32. The van der Waals surface area contributed by atoms with Crippen molar-refractivity contribution in [3.05, 3.63) is 17.7 Å². The van der Waals surface area contributed by atoms with Crippen LogP contribution < -0.4 is 0 Å². The summed E-state index contributed by atoms with van der Waals surface area (Å²) in [4.78, 5) is 4.17. The van der Waals surface area contributed by atoms with E-state index in [-0.39, 0.29) is 5.54 Å². The Morgan fingerprint density at radius 3 is 2.42 bits per heavy atom. The summed E-state index contributed by atoms with van der Waals surface area (Å²) in [5, 5.41) is 0. The monoisotopic (exact) mass is 162 g/mol. The summed E-state index contributed by atoms with van der Waals surface area (Å²) in [5.74, 6) is 3.59. The van der Waals surface area contributed by atoms with Gasteiger partial charge < -0.3 is 4.57 Å². The SMILES string of the molecule is C#Cc1cnc(C)n1C(C)(C)C. The van der Waals surface area contributed by atoms with Gasteiger partial charge in [-0.15, -0.1) is 6.42 Å². The van der Waals surface area contributed by atoms with Crippen LogP contribution in [0.3, 0.4) is 0 Å². The molecule has 0 fully saturated rings. The number of hydrogen-bond donors (Lipinski definition) is 0. The van der Waals surface area contributed by atoms with E-state index >= 15 is 0 Å². The van der Waals surface area contributed by atoms with E-state index in [4.69, 9.17) is 6.42 Å². The summed E-state index contributed by atoms with van der Waals surface area (Å²) in [6.07, 6.45) is 7.09. The zero-order valence-electron chi connectivity index (χ0n) is 8.05. The van der Waals surface area contributed by atoms with Crippen LogP contribution in [0.4, 0.5) is 0 Å². The maximum Gasteiger partial charge on any atom is 0.112 e. The van der Waals surface area contributed by atoms with Crippen molar-refractivity contribution in [1.82, 2.24) is 9.55 Å². The third-order valence-electron chi connectivity index (χ3n) is 1.76. The summed E-state index contributed by atoms with van der Waals surface area (Å²) < 4.78 is 2.06. The predicted molar refractivity (Wildman–Crippen MR) is 49.9 cm³/mol. The zero-order valence-corrected chi connectivity index (χ0v) is 8.05. The first-order chi connectivity index (χ1) is 5.46. The highest BCUT2D eigenvalue weighted by Crippen LogP contribution is 2.18. The second-order valence-corrected chi connectivity index (χ2v) is 3.84. The molecular formula is C10H14N2. The molecular weight excluding hydrogens is 148 g/mol. The number of hydrogen-bond acceptors (Lipinski definition) is 1. The van der Waals surface area contributed by atoms with Crippen LogP contribution in [0.2, 0.25) is 0 Å². The molecule has 0 N–H and O–H groups in total. The van der Waals surface area contributed by atoms with Gasteiger partial charge in [-0.3, -0.25) is 0 Å². The predicted octanol–water partition coefficient (Wildman–Crippen LogP) is 1.93. The van der Waals surface area contributed by atoms with E-state index in [9.17, 15) is 0 Å². The van der Waals surface area contributed by atoms with Crippen molar-refractivity contribution in [2.45, 2.75) is 33.2 Å². The number of aryl methyl sites for hydroxylation is 1. The van der Waals surface area contributed by atoms with E-state index in [0.29, 0.717) is 0 Å². The average molecular weight is 162 g/mol. The molecule has 1 aromatic heterocycles. The maximum absolute atomic E-state index is 5.35. The molecule has 12 heavy (non-hydrogen) atoms. The number of rotatable bonds is 0. The average Bonchev–Trinajstić information content (AvgIpc) is 2.29. The van der Waals surface area contributed by atoms with Gasteiger partial charge in [0.1, 0.15) is 11.5 Å². The lowest BCUT2D eigenvalue weighted by Crippen LogP contribution is -2.24. The fourth-order valence-corrected chi connectivity index (χ4v) is 1.39. The lowest BCUT2D eigenvalue weighted by Gasteiger charge is -2.23. The van der Waals surface area contributed by atoms with E-state index < -0.39 is 0 Å². The van der Waals surface area contributed by atoms with Crippen molar-refractivity contribution >= 4 is 0 Å². The highest BCUT2D eigenvalue weighted by molar-refractivity contribution is 5.25. The number of imidazole rings is 1. The molecule has 0 saturated carbocycles. The van der Waals surface area contributed by atoms with E-state index in [2.05, 4.69) is 36.2 Å². The van der Waals surface area contributed by atoms with E-state index in [1.165, 1.54) is 0 Å². The van der Waals surface area contributed by atoms with Gasteiger partial charge in [-0.05, 0) is 27.7 Å². The summed E-state index contributed by atoms with van der Waals surface area (Å²) >= 11 is 0. The van der Waals surface area contributed by atoms with Crippen LogP contribution in [0.15, 0.2) is 6.20 Å². The molecule has 0 amide bonds. The second kappa shape index (κ2) is 2.67. The molecule has 0 aromatic carbocycles. The molecule has 0 radical (unpaired) electrons. The van der Waals surface area contributed by atoms with Gasteiger partial charge >= 0.3 is 0 Å². The molecule has 0 aliphatic heterocycles. The quantitative estimate of drug-likeness (QED) is 0.533. The Hall–Kier alpha value is -1.23. The molecule has 0 spiro atoms. The third kappa shape index (κ3) is 1.35. The second-order valence-electron chi connectivity index (χ2n) is 3.84. The lowest BCUT2D eigenvalue weighted by atomic mass is 10.1. The largest absolute Gasteiger partial charge is 0.316 e. The fourth-order valence-electron chi connectivity index (χ4n) is 1.39. The standard InChI is InChI=1S/C10H14N2/c1-6-9-7-11-8(2)12(9)10(3,4)5/h1,7H,2-5H3. The first-order valence-corrected chi connectivity index (χ1v) is 3.98. The molecule has 1 heterocycles. The maximum atomic E-state index is 5.35. The first kappa shape index (κ1) is 8.86. The summed E-state index contributed by atoms with van der Waals surface area (Å²) in [6, 6.07) is 0. The van der Waals surface area contributed by atoms with Gasteiger partial charge in [0.05, 0.1) is 6.20 Å². The normalized spacial score (nSPS) is 11.2. The van der Waals surface area contributed by atoms with Crippen LogP contribution in [0.5, 0.6) is 0 Å². The smallest absolute Gasteiger partial charge is 0.112 e. The lowest BCUT2D eigenvalue weighted by molar-refractivity contribution is 0.385. The highest BCUT2D eigenvalue weighted by atomic mass is 15.1. The molecule has 64 valence electrons. The van der Waals surface area contributed by atoms with Crippen LogP contribution in [0.25, 0.3) is 0 Å². The number of aromatic nitrogens is 2. The Labute approximate surface area is 73.6 Å². The Morgan fingerprint density at radius 1 is 1.50 bits per heavy atom. The van der Waals surface area contributed by atoms with E-state index in [0.717, 1.165) is 11.5 Å². The molecule has 0 saturated heterocycles. The van der Waals surface area contributed by atoms with E-state index in [1.54, 1.807) is 6.20 Å². The molecule has 0 bridgehead atoms. The van der Waals surface area contributed by atoms with Crippen molar-refractivity contribution in [3.8, 4) is 12.3 Å². The van der Waals surface area contributed by atoms with Crippen molar-refractivity contribution < 1.29 is 0 Å². The Bertz CT molecular complexity index is 321. The van der Waals surface area contributed by atoms with Gasteiger partial charge in [0.15, 0.2) is 0 Å². The molecule has 2 heteroatoms. The number of terminal acetylenes is 1. The van der Waals surface area contributed by atoms with Crippen molar-refractivity contribution in [2.75, 3.05) is 0 Å². The minimum Gasteiger partial charge on any atom is -0.316 e. The van der Waals surface area contributed by atoms with Crippen LogP contribution in [0, 0.1) is 19.3 Å². The summed E-state index contributed by atoms with van der Waals surface area (Å²) in [6.45, 7) is 8.31. The Morgan fingerprint density at radius 2 is 2.08 bits per heavy atom. The Kier molecular flexibility index (Phi) is 1.97. The topological polar surface area (TPSA) is 17.8 Å². The van der Waals surface area contributed by atoms with Crippen molar-refractivity contribution in [3.63, 3.8) is 0 Å². The van der Waals surface area contributed by atoms with Gasteiger partial charge in [-0.2, -0.15) is 0 Å². The highest BCUT2D eigenvalue weighted by Gasteiger charge is 2.17. The van der Waals surface area contributed by atoms with Crippen LogP contribution in [-0.4, -0.2) is 9.55 Å². The molecule has 0 atom stereocenters. The molecule has 0 aliphatic rings. The van der Waals surface area contributed by atoms with Gasteiger partial charge in [-0.25, -0.2) is 4.98 Å². The zero-order chi connectivity index (χ0) is 9.35. The van der Waals surface area contributed by atoms with Crippen molar-refractivity contribution in [1.29, 1.82) is 0 Å². The molecule has 0 aliphatic carbocycles. The van der Waals surface area contributed by atoms with Crippen molar-refractivity contribution in [2.24, 2.45) is 0 Å². The van der Waals surface area contributed by atoms with Gasteiger partial charge in [0, 0.05) is 5.54 Å². The summed E-state index contributed by atoms with van der Waals surface area (Å²) in [5.41, 5.74) is 0.863. The van der Waals surface area contributed by atoms with Gasteiger partial charge in [0.2, 0.25) is 0 Å². The van der Waals surface area contributed by atoms with E-state index in [1.807, 2.05) is 6.92 Å². The number of nitrogens with zero attached hydrogens (tertiary/aromatic N) is 2. The van der Waals surface area contributed by atoms with Crippen LogP contribution in [-0.2, 0) is 5.54 Å². The molecule has 1 rings (SSSR count). The molecule has 0 unspecified atom stereocenters. The van der Waals surface area contributed by atoms with Crippen LogP contribution in [0.1, 0.15) is 32.3 Å². The minimum atomic E-state index is 0.0162. The minimum absolute atomic E-state index is 0.0162. The molecule has 1 aromatic rings. The fraction of sp³-hybridized carbons (Fsp3) is 0.500. The molecule has 2 nitrogen and oxygen atoms in total. The first-order valence-electron chi connectivity index (χ1n) is 3.98.